The van der Waals surface area contributed by atoms with E-state index in [4.69, 9.17) is 5.11 Å². The highest BCUT2D eigenvalue weighted by molar-refractivity contribution is 7.89. The number of rotatable bonds is 10. The van der Waals surface area contributed by atoms with Crippen LogP contribution in [0.5, 0.6) is 0 Å². The van der Waals surface area contributed by atoms with Gasteiger partial charge in [-0.3, -0.25) is 9.78 Å². The summed E-state index contributed by atoms with van der Waals surface area (Å²) >= 11 is 0. The molecule has 20 heavy (non-hydrogen) atoms. The van der Waals surface area contributed by atoms with E-state index in [1.165, 1.54) is 0 Å². The predicted octanol–water partition coefficient (Wildman–Crippen LogP) is 1.19. The van der Waals surface area contributed by atoms with Crippen molar-refractivity contribution in [2.75, 3.05) is 12.3 Å². The average Bonchev–Trinajstić information content (AvgIpc) is 2.41. The van der Waals surface area contributed by atoms with Gasteiger partial charge < -0.3 is 5.11 Å². The summed E-state index contributed by atoms with van der Waals surface area (Å²) in [6.07, 6.45) is 5.80. The number of hydrogen-bond acceptors (Lipinski definition) is 4. The van der Waals surface area contributed by atoms with Crippen LogP contribution in [0.3, 0.4) is 0 Å². The van der Waals surface area contributed by atoms with Crippen LogP contribution in [0, 0.1) is 0 Å². The molecule has 7 heteroatoms. The molecule has 2 N–H and O–H groups in total. The Kier molecular flexibility index (Phi) is 7.17. The molecule has 1 aromatic rings. The van der Waals surface area contributed by atoms with E-state index >= 15 is 0 Å². The molecule has 0 aliphatic heterocycles. The number of hydrogen-bond donors (Lipinski definition) is 2. The van der Waals surface area contributed by atoms with Crippen LogP contribution < -0.4 is 4.72 Å². The van der Waals surface area contributed by atoms with Crippen molar-refractivity contribution in [2.45, 2.75) is 32.1 Å². The number of carboxylic acid groups (broad SMARTS) is 1. The Bertz CT molecular complexity index is 502. The average molecular weight is 300 g/mol. The number of aromatic nitrogens is 1. The highest BCUT2D eigenvalue weighted by Crippen LogP contribution is 2.01. The summed E-state index contributed by atoms with van der Waals surface area (Å²) in [4.78, 5) is 14.2. The minimum atomic E-state index is -3.27. The van der Waals surface area contributed by atoms with Gasteiger partial charge in [0.05, 0.1) is 5.75 Å². The van der Waals surface area contributed by atoms with Crippen LogP contribution >= 0.6 is 0 Å². The number of unbranched alkanes of at least 4 members (excludes halogenated alkanes) is 2. The molecule has 1 heterocycles. The maximum atomic E-state index is 11.7. The lowest BCUT2D eigenvalue weighted by Crippen LogP contribution is -2.28. The Morgan fingerprint density at radius 2 is 1.90 bits per heavy atom. The van der Waals surface area contributed by atoms with E-state index < -0.39 is 16.0 Å². The van der Waals surface area contributed by atoms with E-state index in [0.717, 1.165) is 5.56 Å². The quantitative estimate of drug-likeness (QED) is 0.633. The van der Waals surface area contributed by atoms with Crippen molar-refractivity contribution in [3.8, 4) is 0 Å². The van der Waals surface area contributed by atoms with Crippen LogP contribution in [0.1, 0.15) is 31.2 Å². The number of pyridine rings is 1. The summed E-state index contributed by atoms with van der Waals surface area (Å²) in [5.41, 5.74) is 0.937. The van der Waals surface area contributed by atoms with Crippen molar-refractivity contribution < 1.29 is 18.3 Å². The molecule has 0 spiro atoms. The summed E-state index contributed by atoms with van der Waals surface area (Å²) in [6.45, 7) is 0.359. The number of aliphatic carboxylic acids is 1. The summed E-state index contributed by atoms with van der Waals surface area (Å²) in [5, 5.41) is 8.46. The third-order valence-electron chi connectivity index (χ3n) is 2.80. The topological polar surface area (TPSA) is 96.4 Å². The van der Waals surface area contributed by atoms with Gasteiger partial charge in [-0.05, 0) is 37.0 Å². The molecule has 0 aliphatic rings. The van der Waals surface area contributed by atoms with Crippen molar-refractivity contribution in [1.82, 2.24) is 9.71 Å². The molecule has 0 fully saturated rings. The molecule has 6 nitrogen and oxygen atoms in total. The first-order valence-corrected chi connectivity index (χ1v) is 8.23. The van der Waals surface area contributed by atoms with E-state index in [1.807, 2.05) is 0 Å². The van der Waals surface area contributed by atoms with Crippen molar-refractivity contribution >= 4 is 16.0 Å². The monoisotopic (exact) mass is 300 g/mol. The summed E-state index contributed by atoms with van der Waals surface area (Å²) in [6, 6.07) is 3.59. The first-order chi connectivity index (χ1) is 9.49. The lowest BCUT2D eigenvalue weighted by Gasteiger charge is -2.06. The molecule has 1 rings (SSSR count). The van der Waals surface area contributed by atoms with Crippen LogP contribution in [0.15, 0.2) is 24.5 Å². The van der Waals surface area contributed by atoms with Crippen LogP contribution in [-0.2, 0) is 21.2 Å². The Morgan fingerprint density at radius 3 is 2.55 bits per heavy atom. The molecule has 0 saturated heterocycles. The predicted molar refractivity (Wildman–Crippen MR) is 75.8 cm³/mol. The van der Waals surface area contributed by atoms with Crippen molar-refractivity contribution in [3.63, 3.8) is 0 Å². The highest BCUT2D eigenvalue weighted by atomic mass is 32.2. The van der Waals surface area contributed by atoms with E-state index in [-0.39, 0.29) is 12.2 Å². The van der Waals surface area contributed by atoms with Gasteiger partial charge >= 0.3 is 5.97 Å². The zero-order chi connectivity index (χ0) is 14.8. The number of nitrogens with one attached hydrogen (secondary N) is 1. The van der Waals surface area contributed by atoms with E-state index in [1.54, 1.807) is 24.5 Å². The first-order valence-electron chi connectivity index (χ1n) is 6.57. The molecular formula is C13H20N2O4S. The van der Waals surface area contributed by atoms with Gasteiger partial charge in [-0.1, -0.05) is 6.42 Å². The highest BCUT2D eigenvalue weighted by Gasteiger charge is 2.09. The standard InChI is InChI=1S/C13H20N2O4S/c16-13(17)4-2-1-3-8-15-20(18,19)11-7-12-5-9-14-10-6-12/h5-6,9-10,15H,1-4,7-8,11H2,(H,16,17). The zero-order valence-electron chi connectivity index (χ0n) is 11.3. The molecule has 0 bridgehead atoms. The fourth-order valence-electron chi connectivity index (χ4n) is 1.68. The minimum absolute atomic E-state index is 0.0478. The molecule has 0 aromatic carbocycles. The third-order valence-corrected chi connectivity index (χ3v) is 4.18. The van der Waals surface area contributed by atoms with Crippen molar-refractivity contribution in [2.24, 2.45) is 0 Å². The normalized spacial score (nSPS) is 11.4. The smallest absolute Gasteiger partial charge is 0.303 e. The van der Waals surface area contributed by atoms with Gasteiger partial charge in [0.1, 0.15) is 0 Å². The molecule has 1 aromatic heterocycles. The number of carbonyl (C=O) groups is 1. The molecular weight excluding hydrogens is 280 g/mol. The van der Waals surface area contributed by atoms with Crippen LogP contribution in [-0.4, -0.2) is 36.8 Å². The van der Waals surface area contributed by atoms with Gasteiger partial charge in [-0.25, -0.2) is 13.1 Å². The maximum Gasteiger partial charge on any atom is 0.303 e. The number of aryl methyl sites for hydroxylation is 1. The Hall–Kier alpha value is -1.47. The fraction of sp³-hybridized carbons (Fsp3) is 0.538. The second kappa shape index (κ2) is 8.65. The number of nitrogens with zero attached hydrogens (tertiary/aromatic N) is 1. The molecule has 0 atom stereocenters. The second-order valence-corrected chi connectivity index (χ2v) is 6.45. The van der Waals surface area contributed by atoms with Gasteiger partial charge in [0.25, 0.3) is 0 Å². The lowest BCUT2D eigenvalue weighted by molar-refractivity contribution is -0.137. The molecule has 112 valence electrons. The van der Waals surface area contributed by atoms with E-state index in [0.29, 0.717) is 32.2 Å². The summed E-state index contributed by atoms with van der Waals surface area (Å²) in [5.74, 6) is -0.769. The SMILES string of the molecule is O=C(O)CCCCCNS(=O)(=O)CCc1ccncc1. The fourth-order valence-corrected chi connectivity index (χ4v) is 2.78. The molecule has 0 unspecified atom stereocenters. The van der Waals surface area contributed by atoms with Gasteiger partial charge in [-0.15, -0.1) is 0 Å². The van der Waals surface area contributed by atoms with Crippen LogP contribution in [0.2, 0.25) is 0 Å². The van der Waals surface area contributed by atoms with Gasteiger partial charge in [0, 0.05) is 25.4 Å². The molecule has 0 radical (unpaired) electrons. The number of carboxylic acids is 1. The summed E-state index contributed by atoms with van der Waals surface area (Å²) in [7, 11) is -3.27. The van der Waals surface area contributed by atoms with Crippen molar-refractivity contribution in [3.05, 3.63) is 30.1 Å². The zero-order valence-corrected chi connectivity index (χ0v) is 12.1. The number of sulfonamides is 1. The van der Waals surface area contributed by atoms with E-state index in [2.05, 4.69) is 9.71 Å². The van der Waals surface area contributed by atoms with Crippen molar-refractivity contribution in [1.29, 1.82) is 0 Å². The van der Waals surface area contributed by atoms with Gasteiger partial charge in [0.2, 0.25) is 10.0 Å². The molecule has 0 amide bonds. The Morgan fingerprint density at radius 1 is 1.20 bits per heavy atom. The van der Waals surface area contributed by atoms with E-state index in [9.17, 15) is 13.2 Å². The second-order valence-electron chi connectivity index (χ2n) is 4.52. The van der Waals surface area contributed by atoms with Crippen LogP contribution in [0.4, 0.5) is 0 Å². The molecule has 0 aliphatic carbocycles. The Balaban J connectivity index is 2.17. The summed E-state index contributed by atoms with van der Waals surface area (Å²) < 4.78 is 26.0. The van der Waals surface area contributed by atoms with Gasteiger partial charge in [0.15, 0.2) is 0 Å². The van der Waals surface area contributed by atoms with Crippen LogP contribution in [0.25, 0.3) is 0 Å². The van der Waals surface area contributed by atoms with Gasteiger partial charge in [-0.2, -0.15) is 0 Å². The minimum Gasteiger partial charge on any atom is -0.481 e. The molecule has 0 saturated carbocycles. The Labute approximate surface area is 119 Å². The lowest BCUT2D eigenvalue weighted by atomic mass is 10.2. The largest absolute Gasteiger partial charge is 0.481 e. The first kappa shape index (κ1) is 16.6. The maximum absolute atomic E-state index is 11.7. The third kappa shape index (κ3) is 7.85.